The van der Waals surface area contributed by atoms with Gasteiger partial charge in [0.05, 0.1) is 23.2 Å². The first kappa shape index (κ1) is 36.3. The molecule has 3 atom stereocenters. The zero-order valence-electron chi connectivity index (χ0n) is 29.4. The summed E-state index contributed by atoms with van der Waals surface area (Å²) in [6.45, 7) is 5.77. The average molecular weight is 714 g/mol. The Morgan fingerprint density at radius 3 is 2.31 bits per heavy atom. The van der Waals surface area contributed by atoms with E-state index in [9.17, 15) is 19.5 Å². The molecular weight excluding hydrogens is 671 g/mol. The van der Waals surface area contributed by atoms with Gasteiger partial charge >= 0.3 is 0 Å². The predicted molar refractivity (Wildman–Crippen MR) is 207 cm³/mol. The molecule has 2 heterocycles. The van der Waals surface area contributed by atoms with Gasteiger partial charge in [0.2, 0.25) is 5.91 Å². The molecule has 0 fully saturated rings. The maximum atomic E-state index is 14.3. The van der Waals surface area contributed by atoms with Crippen molar-refractivity contribution in [2.75, 3.05) is 5.75 Å². The Kier molecular flexibility index (Phi) is 11.4. The molecule has 266 valence electrons. The van der Waals surface area contributed by atoms with Gasteiger partial charge in [0, 0.05) is 45.1 Å². The third-order valence-electron chi connectivity index (χ3n) is 8.67. The quantitative estimate of drug-likeness (QED) is 0.0872. The number of nitrogens with one attached hydrogen (secondary N) is 4. The fourth-order valence-corrected chi connectivity index (χ4v) is 7.14. The molecule has 0 radical (unpaired) electrons. The van der Waals surface area contributed by atoms with Gasteiger partial charge in [0.25, 0.3) is 11.8 Å². The van der Waals surface area contributed by atoms with Crippen LogP contribution in [0.15, 0.2) is 126 Å². The number of aliphatic hydroxyl groups is 1. The van der Waals surface area contributed by atoms with E-state index in [0.717, 1.165) is 32.3 Å². The molecule has 0 aliphatic rings. The summed E-state index contributed by atoms with van der Waals surface area (Å²) >= 11 is 1.35. The largest absolute Gasteiger partial charge is 0.390 e. The Labute approximate surface area is 307 Å². The van der Waals surface area contributed by atoms with Gasteiger partial charge in [0.1, 0.15) is 11.7 Å². The number of para-hydroxylation sites is 2. The molecule has 0 bridgehead atoms. The number of pyridine rings is 1. The fourth-order valence-electron chi connectivity index (χ4n) is 6.07. The molecule has 0 unspecified atom stereocenters. The number of aliphatic hydroxyl groups excluding tert-OH is 1. The van der Waals surface area contributed by atoms with Crippen LogP contribution in [0.25, 0.3) is 21.8 Å². The van der Waals surface area contributed by atoms with E-state index in [0.29, 0.717) is 17.5 Å². The molecule has 52 heavy (non-hydrogen) atoms. The van der Waals surface area contributed by atoms with Gasteiger partial charge in [-0.3, -0.25) is 14.4 Å². The van der Waals surface area contributed by atoms with E-state index in [4.69, 9.17) is 0 Å². The number of benzene rings is 4. The maximum Gasteiger partial charge on any atom is 0.270 e. The number of carbonyl (C=O) groups excluding carboxylic acids is 3. The molecule has 0 saturated heterocycles. The highest BCUT2D eigenvalue weighted by atomic mass is 32.2. The van der Waals surface area contributed by atoms with Gasteiger partial charge in [-0.2, -0.15) is 0 Å². The van der Waals surface area contributed by atoms with Crippen LogP contribution in [0.2, 0.25) is 0 Å². The number of carbonyl (C=O) groups is 3. The molecule has 0 saturated carbocycles. The Bertz CT molecular complexity index is 2180. The third kappa shape index (κ3) is 9.25. The van der Waals surface area contributed by atoms with Crippen molar-refractivity contribution in [2.45, 2.75) is 62.2 Å². The van der Waals surface area contributed by atoms with Gasteiger partial charge in [-0.15, -0.1) is 11.8 Å². The first-order valence-corrected chi connectivity index (χ1v) is 18.3. The predicted octanol–water partition coefficient (Wildman–Crippen LogP) is 6.47. The number of fused-ring (bicyclic) bond motifs is 2. The first-order valence-electron chi connectivity index (χ1n) is 17.3. The van der Waals surface area contributed by atoms with Crippen LogP contribution in [0.5, 0.6) is 0 Å². The molecule has 0 aliphatic heterocycles. The number of hydrogen-bond acceptors (Lipinski definition) is 6. The second-order valence-electron chi connectivity index (χ2n) is 13.9. The number of hydrogen-bond donors (Lipinski definition) is 5. The Morgan fingerprint density at radius 1 is 0.788 bits per heavy atom. The lowest BCUT2D eigenvalue weighted by atomic mass is 10.00. The molecule has 0 aliphatic carbocycles. The van der Waals surface area contributed by atoms with E-state index in [1.807, 2.05) is 130 Å². The number of aromatic amines is 1. The van der Waals surface area contributed by atoms with Gasteiger partial charge in [-0.1, -0.05) is 84.9 Å². The second-order valence-corrected chi connectivity index (χ2v) is 14.9. The van der Waals surface area contributed by atoms with Gasteiger partial charge in [-0.25, -0.2) is 4.98 Å². The highest BCUT2D eigenvalue weighted by Crippen LogP contribution is 2.26. The minimum Gasteiger partial charge on any atom is -0.390 e. The minimum absolute atomic E-state index is 0.196. The number of thioether (sulfide) groups is 1. The fraction of sp³-hybridized carbons (Fsp3) is 0.238. The van der Waals surface area contributed by atoms with E-state index >= 15 is 0 Å². The molecule has 10 heteroatoms. The average Bonchev–Trinajstić information content (AvgIpc) is 3.55. The van der Waals surface area contributed by atoms with Gasteiger partial charge in [-0.05, 0) is 68.7 Å². The SMILES string of the molecule is CC(C)(C)NC(=O)c1ccccc1SC[C@H](O)[C@H](Cc1ccccc1)NC(=O)[C@H](Cc1c[nH]c2ccccc12)NC(=O)c1ccc2ccccc2n1. The van der Waals surface area contributed by atoms with E-state index < -0.39 is 35.5 Å². The van der Waals surface area contributed by atoms with Crippen LogP contribution in [-0.2, 0) is 17.6 Å². The first-order chi connectivity index (χ1) is 25.0. The topological polar surface area (TPSA) is 136 Å². The van der Waals surface area contributed by atoms with Gasteiger partial charge in [0.15, 0.2) is 0 Å². The lowest BCUT2D eigenvalue weighted by molar-refractivity contribution is -0.124. The molecule has 3 amide bonds. The van der Waals surface area contributed by atoms with E-state index in [-0.39, 0.29) is 23.8 Å². The van der Waals surface area contributed by atoms with Crippen molar-refractivity contribution < 1.29 is 19.5 Å². The van der Waals surface area contributed by atoms with Gasteiger partial charge < -0.3 is 26.0 Å². The Balaban J connectivity index is 1.25. The van der Waals surface area contributed by atoms with Crippen LogP contribution >= 0.6 is 11.8 Å². The summed E-state index contributed by atoms with van der Waals surface area (Å²) in [5, 5.41) is 22.6. The molecule has 6 rings (SSSR count). The van der Waals surface area contributed by atoms with Crippen LogP contribution in [0.3, 0.4) is 0 Å². The lowest BCUT2D eigenvalue weighted by Crippen LogP contribution is -2.54. The van der Waals surface area contributed by atoms with Crippen LogP contribution in [0.4, 0.5) is 0 Å². The Morgan fingerprint density at radius 2 is 1.50 bits per heavy atom. The summed E-state index contributed by atoms with van der Waals surface area (Å²) in [4.78, 5) is 49.6. The zero-order chi connectivity index (χ0) is 36.7. The van der Waals surface area contributed by atoms with Crippen molar-refractivity contribution in [1.82, 2.24) is 25.9 Å². The number of aromatic nitrogens is 2. The van der Waals surface area contributed by atoms with Crippen molar-refractivity contribution in [3.05, 3.63) is 144 Å². The monoisotopic (exact) mass is 713 g/mol. The molecule has 4 aromatic carbocycles. The molecule has 6 aromatic rings. The second kappa shape index (κ2) is 16.3. The third-order valence-corrected chi connectivity index (χ3v) is 9.85. The molecule has 0 spiro atoms. The minimum atomic E-state index is -1.00. The molecule has 5 N–H and O–H groups in total. The van der Waals surface area contributed by atoms with E-state index in [2.05, 4.69) is 25.9 Å². The van der Waals surface area contributed by atoms with Crippen LogP contribution in [0.1, 0.15) is 52.7 Å². The Hall–Kier alpha value is -5.45. The van der Waals surface area contributed by atoms with Crippen molar-refractivity contribution in [1.29, 1.82) is 0 Å². The number of H-pyrrole nitrogens is 1. The standard InChI is InChI=1S/C42H43N5O4S/c1-42(2,3)47-39(49)31-17-9-12-20-38(31)52-26-37(48)35(23-27-13-5-4-6-14-27)45-41(51)36(24-29-25-43-33-19-11-8-16-30(29)33)46-40(50)34-22-21-28-15-7-10-18-32(28)44-34/h4-22,25,35-37,43,48H,23-24,26H2,1-3H3,(H,45,51)(H,46,50)(H,47,49)/t35-,36-,37-/m0/s1. The summed E-state index contributed by atoms with van der Waals surface area (Å²) < 4.78 is 0. The smallest absolute Gasteiger partial charge is 0.270 e. The number of nitrogens with zero attached hydrogens (tertiary/aromatic N) is 1. The van der Waals surface area contributed by atoms with E-state index in [1.54, 1.807) is 12.1 Å². The highest BCUT2D eigenvalue weighted by Gasteiger charge is 2.29. The highest BCUT2D eigenvalue weighted by molar-refractivity contribution is 7.99. The van der Waals surface area contributed by atoms with E-state index in [1.165, 1.54) is 11.8 Å². The van der Waals surface area contributed by atoms with Crippen LogP contribution < -0.4 is 16.0 Å². The molecular formula is C42H43N5O4S. The number of amides is 3. The summed E-state index contributed by atoms with van der Waals surface area (Å²) in [5.41, 5.74) is 3.69. The van der Waals surface area contributed by atoms with Crippen molar-refractivity contribution in [3.8, 4) is 0 Å². The van der Waals surface area contributed by atoms with Crippen molar-refractivity contribution in [2.24, 2.45) is 0 Å². The maximum absolute atomic E-state index is 14.3. The molecule has 2 aromatic heterocycles. The molecule has 9 nitrogen and oxygen atoms in total. The van der Waals surface area contributed by atoms with Crippen molar-refractivity contribution >= 4 is 51.3 Å². The normalized spacial score (nSPS) is 13.3. The summed E-state index contributed by atoms with van der Waals surface area (Å²) in [6.07, 6.45) is 1.40. The van der Waals surface area contributed by atoms with Crippen LogP contribution in [-0.4, -0.2) is 62.3 Å². The summed E-state index contributed by atoms with van der Waals surface area (Å²) in [5.74, 6) is -0.908. The van der Waals surface area contributed by atoms with Crippen LogP contribution in [0, 0.1) is 0 Å². The zero-order valence-corrected chi connectivity index (χ0v) is 30.2. The lowest BCUT2D eigenvalue weighted by Gasteiger charge is -2.27. The summed E-state index contributed by atoms with van der Waals surface area (Å²) in [7, 11) is 0. The van der Waals surface area contributed by atoms with Crippen molar-refractivity contribution in [3.63, 3.8) is 0 Å². The summed E-state index contributed by atoms with van der Waals surface area (Å²) in [6, 6.07) is 34.0. The number of rotatable bonds is 13.